The van der Waals surface area contributed by atoms with Crippen LogP contribution in [0.4, 0.5) is 5.82 Å². The minimum Gasteiger partial charge on any atom is -0.387 e. The lowest BCUT2D eigenvalue weighted by Gasteiger charge is -2.22. The van der Waals surface area contributed by atoms with Crippen molar-refractivity contribution in [1.82, 2.24) is 9.55 Å². The number of hydrogen-bond donors (Lipinski definition) is 7. The summed E-state index contributed by atoms with van der Waals surface area (Å²) >= 11 is 0. The molecule has 0 bridgehead atoms. The van der Waals surface area contributed by atoms with E-state index < -0.39 is 69.2 Å². The Morgan fingerprint density at radius 1 is 1.35 bits per heavy atom. The summed E-state index contributed by atoms with van der Waals surface area (Å²) in [6.07, 6.45) is -17.4. The van der Waals surface area contributed by atoms with Gasteiger partial charge in [0.25, 0.3) is 7.06 Å². The first-order valence-electron chi connectivity index (χ1n) is 8.73. The van der Waals surface area contributed by atoms with Crippen molar-refractivity contribution < 1.29 is 55.1 Å². The fourth-order valence-electron chi connectivity index (χ4n) is 1.73. The van der Waals surface area contributed by atoms with E-state index in [9.17, 15) is 38.5 Å². The molecule has 17 heteroatoms. The molecule has 1 aromatic rings. The Bertz CT molecular complexity index is 1120. The number of aliphatic hydroxyl groups excluding tert-OH is 1. The molecule has 26 heavy (non-hydrogen) atoms. The molecule has 0 aliphatic carbocycles. The van der Waals surface area contributed by atoms with Crippen molar-refractivity contribution in [3.63, 3.8) is 0 Å². The molecular formula is C9H16N3O11P3. The number of nitrogens with zero attached hydrogens (tertiary/aromatic N) is 2. The molecule has 14 nitrogen and oxygen atoms in total. The fourth-order valence-corrected chi connectivity index (χ4v) is 7.46. The number of aliphatic hydroxyl groups is 2. The van der Waals surface area contributed by atoms with Crippen LogP contribution < -0.4 is 11.4 Å². The Kier molecular flexibility index (Phi) is 4.01. The molecule has 0 spiro atoms. The Morgan fingerprint density at radius 2 is 1.92 bits per heavy atom. The minimum atomic E-state index is -6.77. The molecule has 6 atom stereocenters. The molecule has 0 aromatic carbocycles. The van der Waals surface area contributed by atoms with Crippen LogP contribution in [0.2, 0.25) is 0 Å². The van der Waals surface area contributed by atoms with Gasteiger partial charge in [-0.3, -0.25) is 13.7 Å². The maximum Gasteiger partial charge on any atom is 0.417 e. The van der Waals surface area contributed by atoms with E-state index in [1.54, 1.807) is 0 Å². The molecule has 1 aromatic heterocycles. The molecule has 2 heterocycles. The van der Waals surface area contributed by atoms with Gasteiger partial charge >= 0.3 is 19.7 Å². The average molecular weight is 440 g/mol. The van der Waals surface area contributed by atoms with Gasteiger partial charge in [0, 0.05) is 8.94 Å². The van der Waals surface area contributed by atoms with Crippen LogP contribution in [0.1, 0.15) is 13.1 Å². The summed E-state index contributed by atoms with van der Waals surface area (Å²) in [5, 5.41) is 20.5. The van der Waals surface area contributed by atoms with Gasteiger partial charge in [-0.25, -0.2) is 9.36 Å². The van der Waals surface area contributed by atoms with Gasteiger partial charge in [-0.15, -0.1) is 0 Å². The average Bonchev–Trinajstić information content (AvgIpc) is 2.78. The Balaban J connectivity index is 2.73. The van der Waals surface area contributed by atoms with Crippen LogP contribution in [0.15, 0.2) is 17.0 Å². The lowest BCUT2D eigenvalue weighted by Crippen LogP contribution is -2.36. The Hall–Kier alpha value is -0.910. The zero-order valence-electron chi connectivity index (χ0n) is 17.3. The summed E-state index contributed by atoms with van der Waals surface area (Å²) in [5.41, 5.74) is 3.85. The minimum absolute atomic E-state index is 0.180. The van der Waals surface area contributed by atoms with Gasteiger partial charge in [0.15, 0.2) is 6.23 Å². The first-order chi connectivity index (χ1) is 13.6. The highest BCUT2D eigenvalue weighted by Crippen LogP contribution is 2.94. The van der Waals surface area contributed by atoms with Crippen LogP contribution in [0.3, 0.4) is 0 Å². The summed E-state index contributed by atoms with van der Waals surface area (Å²) in [6, 6.07) is -0.663. The zero-order chi connectivity index (χ0) is 24.6. The number of nitrogen functional groups attached to an aromatic ring is 1. The highest BCUT2D eigenvalue weighted by molar-refractivity contribution is 8.61. The molecule has 8 N–H and O–H groups in total. The van der Waals surface area contributed by atoms with E-state index in [0.717, 1.165) is 0 Å². The van der Waals surface area contributed by atoms with E-state index in [0.29, 0.717) is 6.20 Å². The highest BCUT2D eigenvalue weighted by atomic mass is 32.5. The summed E-state index contributed by atoms with van der Waals surface area (Å²) in [6.45, 7) is -6.69. The summed E-state index contributed by atoms with van der Waals surface area (Å²) in [4.78, 5) is 52.4. The Labute approximate surface area is 151 Å². The van der Waals surface area contributed by atoms with Gasteiger partial charge in [0.2, 0.25) is 0 Å². The molecular weight excluding hydrogens is 419 g/mol. The number of rotatable bonds is 5. The maximum absolute atomic E-state index is 12.5. The molecule has 2 rings (SSSR count). The van der Waals surface area contributed by atoms with E-state index >= 15 is 0 Å². The fraction of sp³-hybridized carbons (Fsp3) is 0.556. The highest BCUT2D eigenvalue weighted by Gasteiger charge is 2.58. The standard InChI is InChI=1S/C9H16N3O11P3/c10-5-1-2-12(9(15)11-5)8-7(14)6(13)4(23-8)3-24(16,17)26(21,22)25(18,19)20/h1-2,4,6-8,13-14H,3H2,(H,16,17)(H,21,22)(H2,10,11,15)(H2,18,19,20)/t4-,6-,7-,8-/m1/s1/i1D,3D2,4D,6D. The number of anilines is 1. The van der Waals surface area contributed by atoms with E-state index in [1.165, 1.54) is 0 Å². The first kappa shape index (κ1) is 15.1. The van der Waals surface area contributed by atoms with Crippen LogP contribution in [0.25, 0.3) is 0 Å². The topological polar surface area (TPSA) is 243 Å². The summed E-state index contributed by atoms with van der Waals surface area (Å²) < 4.78 is 79.2. The monoisotopic (exact) mass is 440 g/mol. The Morgan fingerprint density at radius 3 is 2.46 bits per heavy atom. The van der Waals surface area contributed by atoms with Gasteiger partial charge in [-0.1, -0.05) is 0 Å². The van der Waals surface area contributed by atoms with Gasteiger partial charge in [0.1, 0.15) is 18.0 Å². The van der Waals surface area contributed by atoms with E-state index in [-0.39, 0.29) is 4.57 Å². The van der Waals surface area contributed by atoms with Gasteiger partial charge in [-0.2, -0.15) is 4.98 Å². The molecule has 1 aliphatic heterocycles. The molecule has 1 fully saturated rings. The van der Waals surface area contributed by atoms with Crippen molar-refractivity contribution in [3.05, 3.63) is 22.7 Å². The molecule has 0 saturated carbocycles. The summed E-state index contributed by atoms with van der Waals surface area (Å²) in [5.74, 6) is -0.606. The molecule has 2 unspecified atom stereocenters. The second-order valence-electron chi connectivity index (χ2n) is 4.81. The van der Waals surface area contributed by atoms with Crippen molar-refractivity contribution in [3.8, 4) is 0 Å². The van der Waals surface area contributed by atoms with Crippen molar-refractivity contribution in [1.29, 1.82) is 0 Å². The SMILES string of the molecule is [2H]c1cn([C@@H]2O[C@]([2H])(C([2H])([2H])P(=O)(O)P(=O)(O)P(=O)(O)O)[C@@]([2H])(O)[C@H]2O)c(=O)nc1N. The molecule has 148 valence electrons. The predicted molar refractivity (Wildman–Crippen MR) is 85.4 cm³/mol. The largest absolute Gasteiger partial charge is 0.417 e. The maximum atomic E-state index is 12.5. The molecule has 0 radical (unpaired) electrons. The van der Waals surface area contributed by atoms with E-state index in [1.807, 2.05) is 0 Å². The van der Waals surface area contributed by atoms with Crippen molar-refractivity contribution in [2.75, 3.05) is 11.8 Å². The quantitative estimate of drug-likeness (QED) is 0.245. The van der Waals surface area contributed by atoms with Crippen molar-refractivity contribution in [2.24, 2.45) is 0 Å². The summed E-state index contributed by atoms with van der Waals surface area (Å²) in [7, 11) is -13.2. The smallest absolute Gasteiger partial charge is 0.387 e. The van der Waals surface area contributed by atoms with Crippen molar-refractivity contribution >= 4 is 26.9 Å². The van der Waals surface area contributed by atoms with Crippen LogP contribution in [-0.4, -0.2) is 63.7 Å². The number of hydrogen-bond acceptors (Lipinski definition) is 9. The van der Waals surface area contributed by atoms with Crippen LogP contribution in [-0.2, 0) is 18.4 Å². The molecule has 1 aliphatic rings. The van der Waals surface area contributed by atoms with Crippen LogP contribution in [0, 0.1) is 0 Å². The van der Waals surface area contributed by atoms with E-state index in [2.05, 4.69) is 9.72 Å². The second-order valence-corrected chi connectivity index (χ2v) is 15.6. The lowest BCUT2D eigenvalue weighted by atomic mass is 10.1. The predicted octanol–water partition coefficient (Wildman–Crippen LogP) is -2.01. The third-order valence-electron chi connectivity index (χ3n) is 3.02. The van der Waals surface area contributed by atoms with Crippen molar-refractivity contribution in [2.45, 2.75) is 24.5 Å². The lowest BCUT2D eigenvalue weighted by molar-refractivity contribution is -0.0345. The normalized spacial score (nSPS) is 40.3. The third-order valence-corrected chi connectivity index (χ3v) is 13.6. The van der Waals surface area contributed by atoms with Gasteiger partial charge in [0.05, 0.1) is 16.3 Å². The number of nitrogens with two attached hydrogens (primary N) is 1. The first-order valence-corrected chi connectivity index (χ1v) is 12.6. The number of ether oxygens (including phenoxy) is 1. The van der Waals surface area contributed by atoms with Gasteiger partial charge in [-0.05, 0) is 6.04 Å². The van der Waals surface area contributed by atoms with Gasteiger partial charge < -0.3 is 40.3 Å². The molecule has 0 amide bonds. The van der Waals surface area contributed by atoms with Crippen LogP contribution >= 0.6 is 21.1 Å². The second kappa shape index (κ2) is 6.92. The van der Waals surface area contributed by atoms with Crippen LogP contribution in [0.5, 0.6) is 0 Å². The zero-order valence-corrected chi connectivity index (χ0v) is 15.0. The molecule has 1 saturated heterocycles. The number of aromatic nitrogens is 2. The van der Waals surface area contributed by atoms with E-state index in [4.69, 9.17) is 22.4 Å². The third kappa shape index (κ3) is 3.71.